The molecule has 0 fully saturated rings. The molecule has 16 heavy (non-hydrogen) atoms. The van der Waals surface area contributed by atoms with Crippen LogP contribution >= 0.6 is 9.24 Å². The first-order chi connectivity index (χ1) is 7.00. The number of alkyl halides is 7. The Morgan fingerprint density at radius 1 is 1.19 bits per heavy atom. The molecule has 0 radical (unpaired) electrons. The summed E-state index contributed by atoms with van der Waals surface area (Å²) in [6.45, 7) is 1.00. The number of rotatable bonds is 6. The van der Waals surface area contributed by atoms with Gasteiger partial charge in [-0.1, -0.05) is 15.8 Å². The smallest absolute Gasteiger partial charge is 0.350 e. The van der Waals surface area contributed by atoms with Crippen molar-refractivity contribution in [2.45, 2.75) is 23.7 Å². The molecule has 2 unspecified atom stereocenters. The minimum absolute atomic E-state index is 0.409. The van der Waals surface area contributed by atoms with E-state index in [0.29, 0.717) is 15.5 Å². The molecule has 0 saturated carbocycles. The van der Waals surface area contributed by atoms with Gasteiger partial charge in [0.25, 0.3) is 5.41 Å². The lowest BCUT2D eigenvalue weighted by atomic mass is 10.1. The van der Waals surface area contributed by atoms with E-state index in [1.807, 2.05) is 0 Å². The fraction of sp³-hybridized carbons (Fsp3) is 0.714. The molecule has 0 aromatic rings. The highest BCUT2D eigenvalue weighted by molar-refractivity contribution is 7.19. The fourth-order valence-corrected chi connectivity index (χ4v) is 0.881. The first-order valence-corrected chi connectivity index (χ1v) is 4.32. The zero-order valence-electron chi connectivity index (χ0n) is 7.70. The Morgan fingerprint density at radius 2 is 1.62 bits per heavy atom. The van der Waals surface area contributed by atoms with Gasteiger partial charge in [0.15, 0.2) is 6.61 Å². The molecular formula is C7H8F7OP. The van der Waals surface area contributed by atoms with Crippen LogP contribution in [0.25, 0.3) is 0 Å². The van der Waals surface area contributed by atoms with Gasteiger partial charge in [-0.3, -0.25) is 0 Å². The lowest BCUT2D eigenvalue weighted by Crippen LogP contribution is -2.57. The van der Waals surface area contributed by atoms with Gasteiger partial charge in [-0.25, -0.2) is 13.2 Å². The molecule has 0 saturated heterocycles. The maximum absolute atomic E-state index is 13.1. The molecule has 9 heteroatoms. The molecule has 0 aromatic heterocycles. The minimum Gasteiger partial charge on any atom is -0.495 e. The van der Waals surface area contributed by atoms with Crippen LogP contribution in [-0.2, 0) is 4.74 Å². The molecular weight excluding hydrogens is 264 g/mol. The monoisotopic (exact) mass is 272 g/mol. The van der Waals surface area contributed by atoms with E-state index in [-0.39, 0.29) is 0 Å². The van der Waals surface area contributed by atoms with Gasteiger partial charge in [0.2, 0.25) is 0 Å². The van der Waals surface area contributed by atoms with E-state index in [4.69, 9.17) is 0 Å². The van der Waals surface area contributed by atoms with Crippen molar-refractivity contribution in [2.75, 3.05) is 6.61 Å². The number of hydrogen-bond donors (Lipinski definition) is 0. The highest BCUT2D eigenvalue weighted by Gasteiger charge is 2.71. The largest absolute Gasteiger partial charge is 0.495 e. The second-order valence-corrected chi connectivity index (χ2v) is 3.61. The highest BCUT2D eigenvalue weighted by Crippen LogP contribution is 2.51. The second kappa shape index (κ2) is 4.77. The Labute approximate surface area is 88.8 Å². The van der Waals surface area contributed by atoms with Gasteiger partial charge in [-0.05, 0) is 0 Å². The summed E-state index contributed by atoms with van der Waals surface area (Å²) in [4.78, 5) is 0. The number of ether oxygens (including phenoxy) is 1. The van der Waals surface area contributed by atoms with Crippen molar-refractivity contribution in [3.63, 3.8) is 0 Å². The first-order valence-electron chi connectivity index (χ1n) is 3.74. The molecule has 0 amide bonds. The van der Waals surface area contributed by atoms with Crippen LogP contribution in [0.15, 0.2) is 12.8 Å². The van der Waals surface area contributed by atoms with Crippen LogP contribution in [-0.4, -0.2) is 30.3 Å². The van der Waals surface area contributed by atoms with Crippen LogP contribution in [0.5, 0.6) is 0 Å². The van der Waals surface area contributed by atoms with Crippen molar-refractivity contribution in [3.8, 4) is 0 Å². The third-order valence-electron chi connectivity index (χ3n) is 1.67. The number of hydrogen-bond acceptors (Lipinski definition) is 1. The maximum atomic E-state index is 13.1. The van der Waals surface area contributed by atoms with Crippen molar-refractivity contribution in [1.29, 1.82) is 0 Å². The normalized spacial score (nSPS) is 17.1. The van der Waals surface area contributed by atoms with E-state index in [0.717, 1.165) is 0 Å². The van der Waals surface area contributed by atoms with Gasteiger partial charge in [0.1, 0.15) is 0 Å². The van der Waals surface area contributed by atoms with Crippen LogP contribution < -0.4 is 0 Å². The summed E-state index contributed by atoms with van der Waals surface area (Å²) < 4.78 is 91.3. The third kappa shape index (κ3) is 2.59. The average molecular weight is 272 g/mol. The maximum Gasteiger partial charge on any atom is 0.350 e. The van der Waals surface area contributed by atoms with E-state index in [1.54, 1.807) is 0 Å². The molecule has 0 bridgehead atoms. The number of halogens is 7. The molecule has 0 aliphatic rings. The molecule has 0 rings (SSSR count). The predicted octanol–water partition coefficient (Wildman–Crippen LogP) is 3.22. The van der Waals surface area contributed by atoms with E-state index in [9.17, 15) is 30.7 Å². The first kappa shape index (κ1) is 15.5. The van der Waals surface area contributed by atoms with Crippen LogP contribution in [0.4, 0.5) is 30.7 Å². The molecule has 0 heterocycles. The van der Waals surface area contributed by atoms with Gasteiger partial charge in [0, 0.05) is 0 Å². The zero-order valence-corrected chi connectivity index (χ0v) is 8.85. The highest BCUT2D eigenvalue weighted by atomic mass is 31.0. The quantitative estimate of drug-likeness (QED) is 0.410. The molecule has 0 N–H and O–H groups in total. The van der Waals surface area contributed by atoms with Crippen LogP contribution in [0, 0.1) is 0 Å². The summed E-state index contributed by atoms with van der Waals surface area (Å²) in [7, 11) is 0.409. The molecule has 1 nitrogen and oxygen atoms in total. The van der Waals surface area contributed by atoms with Gasteiger partial charge < -0.3 is 4.74 Å². The average Bonchev–Trinajstić information content (AvgIpc) is 2.13. The Balaban J connectivity index is 5.08. The summed E-state index contributed by atoms with van der Waals surface area (Å²) in [5, 5.41) is -4.81. The van der Waals surface area contributed by atoms with Gasteiger partial charge in [-0.15, -0.1) is 0 Å². The zero-order chi connectivity index (χ0) is 13.2. The summed E-state index contributed by atoms with van der Waals surface area (Å²) in [5.74, 6) is -10.3. The molecule has 0 aliphatic carbocycles. The Morgan fingerprint density at radius 3 is 1.94 bits per heavy atom. The molecule has 96 valence electrons. The molecule has 0 aromatic carbocycles. The summed E-state index contributed by atoms with van der Waals surface area (Å²) in [6, 6.07) is 0. The Bertz CT molecular complexity index is 253. The van der Waals surface area contributed by atoms with Crippen LogP contribution in [0.3, 0.4) is 0 Å². The third-order valence-corrected chi connectivity index (χ3v) is 2.48. The minimum atomic E-state index is -5.52. The molecule has 2 atom stereocenters. The fourth-order valence-electron chi connectivity index (χ4n) is 0.671. The summed E-state index contributed by atoms with van der Waals surface area (Å²) in [5.41, 5.74) is 0. The lowest BCUT2D eigenvalue weighted by Gasteiger charge is -2.35. The van der Waals surface area contributed by atoms with Crippen molar-refractivity contribution in [2.24, 2.45) is 0 Å². The van der Waals surface area contributed by atoms with Crippen molar-refractivity contribution >= 4 is 9.24 Å². The van der Waals surface area contributed by atoms with E-state index >= 15 is 0 Å². The predicted molar refractivity (Wildman–Crippen MR) is 45.6 cm³/mol. The molecule has 0 spiro atoms. The van der Waals surface area contributed by atoms with Crippen molar-refractivity contribution in [1.82, 2.24) is 0 Å². The Kier molecular flexibility index (Phi) is 4.62. The summed E-state index contributed by atoms with van der Waals surface area (Å²) in [6.07, 6.45) is -4.11. The topological polar surface area (TPSA) is 9.23 Å². The molecule has 0 aliphatic heterocycles. The van der Waals surface area contributed by atoms with Crippen molar-refractivity contribution < 1.29 is 35.5 Å². The SMILES string of the molecule is C=COCC(F)(F)C(F)(P)C(F)(F)C(F)F. The Hall–Kier alpha value is -0.520. The van der Waals surface area contributed by atoms with Crippen LogP contribution in [0.1, 0.15) is 0 Å². The van der Waals surface area contributed by atoms with Crippen LogP contribution in [0.2, 0.25) is 0 Å². The second-order valence-electron chi connectivity index (χ2n) is 2.82. The summed E-state index contributed by atoms with van der Waals surface area (Å²) >= 11 is 0. The van der Waals surface area contributed by atoms with Gasteiger partial charge in [0.05, 0.1) is 6.26 Å². The van der Waals surface area contributed by atoms with Gasteiger partial charge >= 0.3 is 18.3 Å². The van der Waals surface area contributed by atoms with Crippen molar-refractivity contribution in [3.05, 3.63) is 12.8 Å². The van der Waals surface area contributed by atoms with E-state index in [2.05, 4.69) is 11.3 Å². The van der Waals surface area contributed by atoms with Gasteiger partial charge in [-0.2, -0.15) is 17.6 Å². The van der Waals surface area contributed by atoms with E-state index in [1.165, 1.54) is 0 Å². The van der Waals surface area contributed by atoms with E-state index < -0.39 is 30.3 Å². The standard InChI is InChI=1S/C7H8F7OP/c1-2-15-3-5(10,11)7(14,16)6(12,13)4(8)9/h2,4H,1,3,16H2. The lowest BCUT2D eigenvalue weighted by molar-refractivity contribution is -0.256.